The quantitative estimate of drug-likeness (QED) is 0.636. The summed E-state index contributed by atoms with van der Waals surface area (Å²) in [5, 5.41) is 6.75. The smallest absolute Gasteiger partial charge is 0.193 e. The van der Waals surface area contributed by atoms with E-state index in [1.165, 1.54) is 18.4 Å². The van der Waals surface area contributed by atoms with E-state index >= 15 is 0 Å². The highest BCUT2D eigenvalue weighted by atomic mass is 32.1. The molecule has 0 saturated heterocycles. The van der Waals surface area contributed by atoms with Crippen molar-refractivity contribution in [3.8, 4) is 5.75 Å². The minimum atomic E-state index is 0.153. The third kappa shape index (κ3) is 3.95. The highest BCUT2D eigenvalue weighted by Crippen LogP contribution is 2.50. The lowest BCUT2D eigenvalue weighted by Gasteiger charge is -2.25. The molecule has 0 unspecified atom stereocenters. The molecule has 1 fully saturated rings. The summed E-state index contributed by atoms with van der Waals surface area (Å²) >= 11 is 1.68. The van der Waals surface area contributed by atoms with Gasteiger partial charge in [-0.15, -0.1) is 11.3 Å². The van der Waals surface area contributed by atoms with Crippen LogP contribution in [0, 0.1) is 6.92 Å². The third-order valence-corrected chi connectivity index (χ3v) is 5.58. The molecule has 1 aliphatic carbocycles. The molecule has 1 N–H and O–H groups in total. The van der Waals surface area contributed by atoms with Crippen LogP contribution >= 0.6 is 11.3 Å². The Morgan fingerprint density at radius 1 is 1.40 bits per heavy atom. The maximum absolute atomic E-state index is 5.56. The maximum Gasteiger partial charge on any atom is 0.193 e. The van der Waals surface area contributed by atoms with Crippen LogP contribution in [0.5, 0.6) is 5.75 Å². The second-order valence-electron chi connectivity index (χ2n) is 6.60. The van der Waals surface area contributed by atoms with Crippen molar-refractivity contribution in [1.29, 1.82) is 0 Å². The molecule has 1 aromatic heterocycles. The Kier molecular flexibility index (Phi) is 5.27. The van der Waals surface area contributed by atoms with Crippen molar-refractivity contribution in [3.05, 3.63) is 45.9 Å². The number of rotatable bonds is 6. The van der Waals surface area contributed by atoms with E-state index in [-0.39, 0.29) is 5.41 Å². The van der Waals surface area contributed by atoms with Crippen molar-refractivity contribution in [2.24, 2.45) is 4.99 Å². The van der Waals surface area contributed by atoms with Crippen LogP contribution in [0.3, 0.4) is 0 Å². The first kappa shape index (κ1) is 17.7. The first-order chi connectivity index (χ1) is 12.1. The number of benzene rings is 1. The molecule has 1 heterocycles. The summed E-state index contributed by atoms with van der Waals surface area (Å²) in [7, 11) is 5.62. The first-order valence-corrected chi connectivity index (χ1v) is 9.42. The number of aliphatic imine (C=N–C) groups is 1. The van der Waals surface area contributed by atoms with Gasteiger partial charge in [-0.2, -0.15) is 0 Å². The molecule has 3 rings (SSSR count). The van der Waals surface area contributed by atoms with Gasteiger partial charge < -0.3 is 15.0 Å². The first-order valence-electron chi connectivity index (χ1n) is 8.54. The number of hydrogen-bond donors (Lipinski definition) is 1. The molecule has 134 valence electrons. The molecular formula is C19H26N4OS. The van der Waals surface area contributed by atoms with Crippen molar-refractivity contribution in [3.63, 3.8) is 0 Å². The van der Waals surface area contributed by atoms with Crippen LogP contribution in [0.4, 0.5) is 0 Å². The van der Waals surface area contributed by atoms with Gasteiger partial charge in [0.1, 0.15) is 5.75 Å². The molecule has 1 saturated carbocycles. The van der Waals surface area contributed by atoms with Gasteiger partial charge in [-0.3, -0.25) is 4.99 Å². The van der Waals surface area contributed by atoms with Gasteiger partial charge in [0.25, 0.3) is 0 Å². The van der Waals surface area contributed by atoms with Crippen molar-refractivity contribution >= 4 is 17.3 Å². The second-order valence-corrected chi connectivity index (χ2v) is 7.66. The number of aromatic nitrogens is 1. The number of guanidine groups is 1. The summed E-state index contributed by atoms with van der Waals surface area (Å²) < 4.78 is 5.56. The summed E-state index contributed by atoms with van der Waals surface area (Å²) in [6.45, 7) is 3.65. The molecule has 1 aliphatic rings. The van der Waals surface area contributed by atoms with E-state index in [0.29, 0.717) is 0 Å². The molecule has 0 aliphatic heterocycles. The minimum Gasteiger partial charge on any atom is -0.496 e. The van der Waals surface area contributed by atoms with Crippen molar-refractivity contribution in [2.75, 3.05) is 27.7 Å². The standard InChI is InChI=1S/C19H26N4OS/c1-14-22-15(12-25-14)11-23(3)18(20-2)21-13-19(9-10-19)16-7-5-6-8-17(16)24-4/h5-8,12H,9-11,13H2,1-4H3,(H,20,21). The molecule has 5 nitrogen and oxygen atoms in total. The van der Waals surface area contributed by atoms with Crippen molar-refractivity contribution < 1.29 is 4.74 Å². The molecule has 0 amide bonds. The number of nitrogens with zero attached hydrogens (tertiary/aromatic N) is 3. The average molecular weight is 359 g/mol. The molecule has 0 radical (unpaired) electrons. The maximum atomic E-state index is 5.56. The Morgan fingerprint density at radius 2 is 2.16 bits per heavy atom. The molecule has 25 heavy (non-hydrogen) atoms. The highest BCUT2D eigenvalue weighted by molar-refractivity contribution is 7.09. The number of methoxy groups -OCH3 is 1. The number of thiazole rings is 1. The van der Waals surface area contributed by atoms with E-state index in [1.807, 2.05) is 33.2 Å². The predicted octanol–water partition coefficient (Wildman–Crippen LogP) is 3.20. The Morgan fingerprint density at radius 3 is 2.76 bits per heavy atom. The Labute approximate surface area is 153 Å². The zero-order valence-electron chi connectivity index (χ0n) is 15.4. The van der Waals surface area contributed by atoms with E-state index in [0.717, 1.165) is 35.5 Å². The summed E-state index contributed by atoms with van der Waals surface area (Å²) in [6.07, 6.45) is 2.35. The van der Waals surface area contributed by atoms with Gasteiger partial charge in [0.05, 0.1) is 24.4 Å². The second kappa shape index (κ2) is 7.44. The topological polar surface area (TPSA) is 49.8 Å². The summed E-state index contributed by atoms with van der Waals surface area (Å²) in [5.74, 6) is 1.87. The lowest BCUT2D eigenvalue weighted by Crippen LogP contribution is -2.42. The molecule has 0 atom stereocenters. The number of hydrogen-bond acceptors (Lipinski definition) is 4. The lowest BCUT2D eigenvalue weighted by molar-refractivity contribution is 0.402. The number of nitrogens with one attached hydrogen (secondary N) is 1. The summed E-state index contributed by atoms with van der Waals surface area (Å²) in [4.78, 5) is 11.1. The number of aryl methyl sites for hydroxylation is 1. The summed E-state index contributed by atoms with van der Waals surface area (Å²) in [6, 6.07) is 8.33. The Balaban J connectivity index is 1.65. The highest BCUT2D eigenvalue weighted by Gasteiger charge is 2.46. The fourth-order valence-corrected chi connectivity index (χ4v) is 3.81. The van der Waals surface area contributed by atoms with E-state index in [1.54, 1.807) is 18.4 Å². The Hall–Kier alpha value is -2.08. The SMILES string of the molecule is CN=C(NCC1(c2ccccc2OC)CC1)N(C)Cc1csc(C)n1. The molecule has 0 spiro atoms. The van der Waals surface area contributed by atoms with Crippen molar-refractivity contribution in [2.45, 2.75) is 31.7 Å². The van der Waals surface area contributed by atoms with E-state index in [2.05, 4.69) is 37.7 Å². The van der Waals surface area contributed by atoms with Gasteiger partial charge in [-0.05, 0) is 25.8 Å². The zero-order valence-corrected chi connectivity index (χ0v) is 16.2. The third-order valence-electron chi connectivity index (χ3n) is 4.76. The van der Waals surface area contributed by atoms with Gasteiger partial charge >= 0.3 is 0 Å². The van der Waals surface area contributed by atoms with Gasteiger partial charge in [0, 0.05) is 37.0 Å². The van der Waals surface area contributed by atoms with Crippen LogP contribution < -0.4 is 10.1 Å². The van der Waals surface area contributed by atoms with Crippen LogP contribution in [-0.4, -0.2) is 43.6 Å². The average Bonchev–Trinajstić information content (AvgIpc) is 3.30. The minimum absolute atomic E-state index is 0.153. The number of para-hydroxylation sites is 1. The zero-order chi connectivity index (χ0) is 17.9. The molecule has 0 bridgehead atoms. The molecule has 2 aromatic rings. The van der Waals surface area contributed by atoms with Gasteiger partial charge in [0.15, 0.2) is 5.96 Å². The fourth-order valence-electron chi connectivity index (χ4n) is 3.21. The molecular weight excluding hydrogens is 332 g/mol. The van der Waals surface area contributed by atoms with Crippen LogP contribution in [-0.2, 0) is 12.0 Å². The lowest BCUT2D eigenvalue weighted by atomic mass is 9.95. The van der Waals surface area contributed by atoms with E-state index in [9.17, 15) is 0 Å². The van der Waals surface area contributed by atoms with Crippen molar-refractivity contribution in [1.82, 2.24) is 15.2 Å². The largest absolute Gasteiger partial charge is 0.496 e. The summed E-state index contributed by atoms with van der Waals surface area (Å²) in [5.41, 5.74) is 2.53. The van der Waals surface area contributed by atoms with Crippen LogP contribution in [0.2, 0.25) is 0 Å². The van der Waals surface area contributed by atoms with Gasteiger partial charge in [0.2, 0.25) is 0 Å². The van der Waals surface area contributed by atoms with E-state index in [4.69, 9.17) is 4.74 Å². The molecule has 6 heteroatoms. The van der Waals surface area contributed by atoms with Crippen LogP contribution in [0.1, 0.15) is 29.1 Å². The van der Waals surface area contributed by atoms with Crippen LogP contribution in [0.25, 0.3) is 0 Å². The van der Waals surface area contributed by atoms with Gasteiger partial charge in [-0.25, -0.2) is 4.98 Å². The predicted molar refractivity (Wildman–Crippen MR) is 104 cm³/mol. The van der Waals surface area contributed by atoms with E-state index < -0.39 is 0 Å². The monoisotopic (exact) mass is 358 g/mol. The van der Waals surface area contributed by atoms with Crippen LogP contribution in [0.15, 0.2) is 34.6 Å². The normalized spacial score (nSPS) is 15.8. The molecule has 1 aromatic carbocycles. The van der Waals surface area contributed by atoms with Gasteiger partial charge in [-0.1, -0.05) is 18.2 Å². The number of ether oxygens (including phenoxy) is 1. The fraction of sp³-hybridized carbons (Fsp3) is 0.474. The Bertz CT molecular complexity index is 751.